The summed E-state index contributed by atoms with van der Waals surface area (Å²) in [5.41, 5.74) is 2.89. The average Bonchev–Trinajstić information content (AvgIpc) is 2.72. The van der Waals surface area contributed by atoms with E-state index in [9.17, 15) is 9.59 Å². The number of pyridine rings is 1. The summed E-state index contributed by atoms with van der Waals surface area (Å²) in [7, 11) is 0. The van der Waals surface area contributed by atoms with Crippen molar-refractivity contribution >= 4 is 11.8 Å². The van der Waals surface area contributed by atoms with Gasteiger partial charge in [-0.2, -0.15) is 0 Å². The highest BCUT2D eigenvalue weighted by molar-refractivity contribution is 5.92. The van der Waals surface area contributed by atoms with Crippen molar-refractivity contribution in [1.29, 1.82) is 0 Å². The number of benzene rings is 1. The van der Waals surface area contributed by atoms with Crippen LogP contribution in [-0.4, -0.2) is 46.2 Å². The van der Waals surface area contributed by atoms with Gasteiger partial charge >= 0.3 is 0 Å². The zero-order valence-corrected chi connectivity index (χ0v) is 16.4. The van der Waals surface area contributed by atoms with Crippen molar-refractivity contribution < 1.29 is 9.59 Å². The molecule has 1 aromatic carbocycles. The number of piperidine rings is 2. The summed E-state index contributed by atoms with van der Waals surface area (Å²) >= 11 is 0. The number of aromatic nitrogens is 1. The second-order valence-electron chi connectivity index (χ2n) is 8.25. The lowest BCUT2D eigenvalue weighted by Gasteiger charge is -2.47. The lowest BCUT2D eigenvalue weighted by Crippen LogP contribution is -2.52. The molecule has 4 rings (SSSR count). The molecule has 3 heterocycles. The average molecular weight is 377 g/mol. The molecule has 5 heteroatoms. The van der Waals surface area contributed by atoms with Gasteiger partial charge in [-0.25, -0.2) is 0 Å². The van der Waals surface area contributed by atoms with Crippen LogP contribution in [0.3, 0.4) is 0 Å². The van der Waals surface area contributed by atoms with Gasteiger partial charge in [-0.3, -0.25) is 14.6 Å². The summed E-state index contributed by atoms with van der Waals surface area (Å²) in [6.45, 7) is 4.92. The van der Waals surface area contributed by atoms with Gasteiger partial charge in [-0.05, 0) is 48.8 Å². The predicted molar refractivity (Wildman–Crippen MR) is 108 cm³/mol. The third-order valence-corrected chi connectivity index (χ3v) is 6.21. The largest absolute Gasteiger partial charge is 0.338 e. The molecule has 1 aromatic heterocycles. The minimum absolute atomic E-state index is 0.0166. The van der Waals surface area contributed by atoms with Gasteiger partial charge in [0.25, 0.3) is 5.91 Å². The van der Waals surface area contributed by atoms with E-state index in [-0.39, 0.29) is 17.2 Å². The zero-order chi connectivity index (χ0) is 19.6. The maximum atomic E-state index is 12.7. The number of amides is 2. The van der Waals surface area contributed by atoms with E-state index < -0.39 is 0 Å². The number of carbonyl (C=O) groups excluding carboxylic acids is 2. The normalized spacial score (nSPS) is 19.1. The lowest BCUT2D eigenvalue weighted by atomic mass is 9.72. The quantitative estimate of drug-likeness (QED) is 0.823. The zero-order valence-electron chi connectivity index (χ0n) is 16.4. The Morgan fingerprint density at radius 2 is 1.82 bits per heavy atom. The van der Waals surface area contributed by atoms with Crippen LogP contribution >= 0.6 is 0 Å². The Balaban J connectivity index is 1.39. The summed E-state index contributed by atoms with van der Waals surface area (Å²) in [5, 5.41) is 0. The molecular formula is C23H27N3O2. The van der Waals surface area contributed by atoms with E-state index in [1.807, 2.05) is 47.1 Å². The molecule has 0 atom stereocenters. The second kappa shape index (κ2) is 7.74. The predicted octanol–water partition coefficient (Wildman–Crippen LogP) is 3.44. The molecule has 2 aliphatic rings. The maximum Gasteiger partial charge on any atom is 0.272 e. The Hall–Kier alpha value is -2.69. The van der Waals surface area contributed by atoms with Gasteiger partial charge in [0.15, 0.2) is 0 Å². The topological polar surface area (TPSA) is 53.5 Å². The van der Waals surface area contributed by atoms with E-state index >= 15 is 0 Å². The van der Waals surface area contributed by atoms with E-state index in [1.165, 1.54) is 5.56 Å². The molecule has 0 N–H and O–H groups in total. The Labute approximate surface area is 166 Å². The third kappa shape index (κ3) is 3.93. The van der Waals surface area contributed by atoms with Crippen molar-refractivity contribution in [3.05, 3.63) is 65.5 Å². The SMILES string of the molecule is Cc1ccc(C(=O)N2CCC3(CCC(=O)N(Cc4ccccc4)C3)CC2)nc1. The highest BCUT2D eigenvalue weighted by Gasteiger charge is 2.41. The number of hydrogen-bond donors (Lipinski definition) is 0. The summed E-state index contributed by atoms with van der Waals surface area (Å²) in [4.78, 5) is 33.4. The first-order valence-electron chi connectivity index (χ1n) is 10.1. The number of aryl methyl sites for hydroxylation is 1. The molecule has 2 saturated heterocycles. The smallest absolute Gasteiger partial charge is 0.272 e. The number of nitrogens with zero attached hydrogens (tertiary/aromatic N) is 3. The van der Waals surface area contributed by atoms with Crippen LogP contribution in [0.25, 0.3) is 0 Å². The third-order valence-electron chi connectivity index (χ3n) is 6.21. The molecule has 0 radical (unpaired) electrons. The number of likely N-dealkylation sites (tertiary alicyclic amines) is 2. The first-order chi connectivity index (χ1) is 13.5. The molecule has 1 spiro atoms. The molecule has 2 amide bonds. The van der Waals surface area contributed by atoms with Crippen molar-refractivity contribution in [2.24, 2.45) is 5.41 Å². The number of carbonyl (C=O) groups is 2. The molecule has 28 heavy (non-hydrogen) atoms. The van der Waals surface area contributed by atoms with Crippen LogP contribution in [0.2, 0.25) is 0 Å². The van der Waals surface area contributed by atoms with Crippen LogP contribution in [-0.2, 0) is 11.3 Å². The van der Waals surface area contributed by atoms with Crippen molar-refractivity contribution in [1.82, 2.24) is 14.8 Å². The van der Waals surface area contributed by atoms with Crippen LogP contribution in [0.4, 0.5) is 0 Å². The van der Waals surface area contributed by atoms with Gasteiger partial charge in [0.2, 0.25) is 5.91 Å². The molecule has 0 saturated carbocycles. The van der Waals surface area contributed by atoms with E-state index in [0.29, 0.717) is 18.7 Å². The van der Waals surface area contributed by atoms with Gasteiger partial charge in [0.1, 0.15) is 5.69 Å². The highest BCUT2D eigenvalue weighted by Crippen LogP contribution is 2.40. The Morgan fingerprint density at radius 1 is 1.07 bits per heavy atom. The number of hydrogen-bond acceptors (Lipinski definition) is 3. The molecule has 2 fully saturated rings. The maximum absolute atomic E-state index is 12.7. The lowest BCUT2D eigenvalue weighted by molar-refractivity contribution is -0.139. The first kappa shape index (κ1) is 18.7. The fourth-order valence-electron chi connectivity index (χ4n) is 4.40. The summed E-state index contributed by atoms with van der Waals surface area (Å²) in [6.07, 6.45) is 5.18. The summed E-state index contributed by atoms with van der Waals surface area (Å²) < 4.78 is 0. The molecule has 0 unspecified atom stereocenters. The summed E-state index contributed by atoms with van der Waals surface area (Å²) in [5.74, 6) is 0.264. The van der Waals surface area contributed by atoms with Crippen LogP contribution in [0.15, 0.2) is 48.7 Å². The molecule has 2 aromatic rings. The standard InChI is InChI=1S/C23H27N3O2/c1-18-7-8-20(24-15-18)22(28)25-13-11-23(12-14-25)10-9-21(27)26(17-23)16-19-5-3-2-4-6-19/h2-8,15H,9-14,16-17H2,1H3. The summed E-state index contributed by atoms with van der Waals surface area (Å²) in [6, 6.07) is 13.9. The van der Waals surface area contributed by atoms with Crippen molar-refractivity contribution in [2.75, 3.05) is 19.6 Å². The van der Waals surface area contributed by atoms with Gasteiger partial charge in [-0.1, -0.05) is 36.4 Å². The highest BCUT2D eigenvalue weighted by atomic mass is 16.2. The molecule has 2 aliphatic heterocycles. The van der Waals surface area contributed by atoms with Crippen LogP contribution < -0.4 is 0 Å². The van der Waals surface area contributed by atoms with Crippen LogP contribution in [0.1, 0.15) is 47.3 Å². The first-order valence-corrected chi connectivity index (χ1v) is 10.1. The van der Waals surface area contributed by atoms with E-state index in [1.54, 1.807) is 6.20 Å². The molecule has 5 nitrogen and oxygen atoms in total. The van der Waals surface area contributed by atoms with E-state index in [4.69, 9.17) is 0 Å². The molecular weight excluding hydrogens is 350 g/mol. The minimum atomic E-state index is 0.0166. The van der Waals surface area contributed by atoms with Crippen molar-refractivity contribution in [3.8, 4) is 0 Å². The molecule has 146 valence electrons. The van der Waals surface area contributed by atoms with Crippen LogP contribution in [0, 0.1) is 12.3 Å². The van der Waals surface area contributed by atoms with E-state index in [2.05, 4.69) is 17.1 Å². The second-order valence-corrected chi connectivity index (χ2v) is 8.25. The van der Waals surface area contributed by atoms with Gasteiger partial charge in [0.05, 0.1) is 0 Å². The van der Waals surface area contributed by atoms with Crippen molar-refractivity contribution in [3.63, 3.8) is 0 Å². The fourth-order valence-corrected chi connectivity index (χ4v) is 4.40. The Bertz CT molecular complexity index is 840. The van der Waals surface area contributed by atoms with Crippen molar-refractivity contribution in [2.45, 2.75) is 39.2 Å². The Kier molecular flexibility index (Phi) is 5.16. The fraction of sp³-hybridized carbons (Fsp3) is 0.435. The van der Waals surface area contributed by atoms with E-state index in [0.717, 1.165) is 44.5 Å². The van der Waals surface area contributed by atoms with Gasteiger partial charge in [0, 0.05) is 38.8 Å². The molecule has 0 aliphatic carbocycles. The molecule has 0 bridgehead atoms. The van der Waals surface area contributed by atoms with Gasteiger partial charge < -0.3 is 9.80 Å². The van der Waals surface area contributed by atoms with Crippen LogP contribution in [0.5, 0.6) is 0 Å². The minimum Gasteiger partial charge on any atom is -0.338 e. The monoisotopic (exact) mass is 377 g/mol. The van der Waals surface area contributed by atoms with Gasteiger partial charge in [-0.15, -0.1) is 0 Å². The Morgan fingerprint density at radius 3 is 2.50 bits per heavy atom. The number of rotatable bonds is 3.